The molecule has 5 nitrogen and oxygen atoms in total. The lowest BCUT2D eigenvalue weighted by Gasteiger charge is -2.10. The number of benzene rings is 1. The molecule has 108 valence electrons. The number of pyridine rings is 1. The highest BCUT2D eigenvalue weighted by molar-refractivity contribution is 5.80. The Bertz CT molecular complexity index is 723. The quantitative estimate of drug-likeness (QED) is 0.706. The number of nitrogens with zero attached hydrogens (tertiary/aromatic N) is 3. The summed E-state index contributed by atoms with van der Waals surface area (Å²) in [6.45, 7) is 1.58. The summed E-state index contributed by atoms with van der Waals surface area (Å²) < 4.78 is 7.09. The van der Waals surface area contributed by atoms with E-state index in [4.69, 9.17) is 4.74 Å². The third-order valence-corrected chi connectivity index (χ3v) is 3.31. The molecule has 2 aromatic heterocycles. The van der Waals surface area contributed by atoms with E-state index < -0.39 is 0 Å². The van der Waals surface area contributed by atoms with E-state index in [1.165, 1.54) is 0 Å². The largest absolute Gasteiger partial charge is 0.385 e. The van der Waals surface area contributed by atoms with Crippen molar-refractivity contribution < 1.29 is 4.74 Å². The smallest absolute Gasteiger partial charge is 0.207 e. The molecular weight excluding hydrogens is 264 g/mol. The van der Waals surface area contributed by atoms with Crippen molar-refractivity contribution in [2.75, 3.05) is 25.6 Å². The molecule has 0 aliphatic heterocycles. The third-order valence-electron chi connectivity index (χ3n) is 3.31. The maximum atomic E-state index is 5.05. The van der Waals surface area contributed by atoms with Crippen LogP contribution in [0.3, 0.4) is 0 Å². The van der Waals surface area contributed by atoms with E-state index in [0.717, 1.165) is 42.1 Å². The number of methoxy groups -OCH3 is 1. The zero-order valence-electron chi connectivity index (χ0n) is 12.0. The van der Waals surface area contributed by atoms with Crippen molar-refractivity contribution in [3.8, 4) is 5.69 Å². The minimum atomic E-state index is 0.745. The fourth-order valence-corrected chi connectivity index (χ4v) is 2.27. The molecule has 0 bridgehead atoms. The Balaban J connectivity index is 1.83. The van der Waals surface area contributed by atoms with Crippen LogP contribution in [0.1, 0.15) is 6.42 Å². The van der Waals surface area contributed by atoms with Gasteiger partial charge in [-0.2, -0.15) is 0 Å². The van der Waals surface area contributed by atoms with E-state index in [9.17, 15) is 0 Å². The number of nitrogens with one attached hydrogen (secondary N) is 1. The van der Waals surface area contributed by atoms with Crippen LogP contribution in [0, 0.1) is 0 Å². The molecule has 3 rings (SSSR count). The Labute approximate surface area is 123 Å². The Kier molecular flexibility index (Phi) is 4.12. The predicted molar refractivity (Wildman–Crippen MR) is 83.8 cm³/mol. The van der Waals surface area contributed by atoms with Crippen molar-refractivity contribution in [1.29, 1.82) is 0 Å². The highest BCUT2D eigenvalue weighted by Crippen LogP contribution is 2.19. The normalized spacial score (nSPS) is 10.9. The molecule has 5 heteroatoms. The highest BCUT2D eigenvalue weighted by Gasteiger charge is 2.05. The van der Waals surface area contributed by atoms with Crippen LogP contribution in [-0.2, 0) is 4.74 Å². The summed E-state index contributed by atoms with van der Waals surface area (Å²) >= 11 is 0. The standard InChI is InChI=1S/C16H18N4O/c1-21-11-3-8-18-16-19-9-10-20(16)14-5-6-15-13(12-14)4-2-7-17-15/h2,4-7,9-10,12H,3,8,11H2,1H3,(H,18,19). The van der Waals surface area contributed by atoms with Crippen molar-refractivity contribution in [3.05, 3.63) is 48.9 Å². The average Bonchev–Trinajstić information content (AvgIpc) is 2.99. The summed E-state index contributed by atoms with van der Waals surface area (Å²) in [5.41, 5.74) is 2.07. The van der Waals surface area contributed by atoms with Crippen LogP contribution in [0.5, 0.6) is 0 Å². The summed E-state index contributed by atoms with van der Waals surface area (Å²) in [5, 5.41) is 4.45. The van der Waals surface area contributed by atoms with Crippen molar-refractivity contribution in [2.24, 2.45) is 0 Å². The third kappa shape index (κ3) is 3.03. The summed E-state index contributed by atoms with van der Waals surface area (Å²) in [5.74, 6) is 0.842. The number of fused-ring (bicyclic) bond motifs is 1. The van der Waals surface area contributed by atoms with Gasteiger partial charge in [0.05, 0.1) is 5.52 Å². The number of imidazole rings is 1. The van der Waals surface area contributed by atoms with Crippen LogP contribution in [0.2, 0.25) is 0 Å². The van der Waals surface area contributed by atoms with Crippen LogP contribution in [0.4, 0.5) is 5.95 Å². The van der Waals surface area contributed by atoms with Gasteiger partial charge in [0, 0.05) is 49.9 Å². The van der Waals surface area contributed by atoms with E-state index in [1.54, 1.807) is 13.3 Å². The maximum absolute atomic E-state index is 5.05. The molecule has 0 atom stereocenters. The number of anilines is 1. The number of hydrogen-bond donors (Lipinski definition) is 1. The molecule has 2 heterocycles. The molecule has 0 saturated carbocycles. The van der Waals surface area contributed by atoms with Gasteiger partial charge in [-0.15, -0.1) is 0 Å². The zero-order chi connectivity index (χ0) is 14.5. The van der Waals surface area contributed by atoms with Gasteiger partial charge in [-0.1, -0.05) is 6.07 Å². The lowest BCUT2D eigenvalue weighted by atomic mass is 10.2. The van der Waals surface area contributed by atoms with Crippen molar-refractivity contribution in [1.82, 2.24) is 14.5 Å². The molecule has 21 heavy (non-hydrogen) atoms. The van der Waals surface area contributed by atoms with E-state index in [1.807, 2.05) is 29.1 Å². The molecule has 0 fully saturated rings. The van der Waals surface area contributed by atoms with Crippen LogP contribution in [-0.4, -0.2) is 34.8 Å². The number of ether oxygens (including phenoxy) is 1. The van der Waals surface area contributed by atoms with Crippen molar-refractivity contribution >= 4 is 16.9 Å². The molecule has 1 aromatic carbocycles. The Hall–Kier alpha value is -2.40. The SMILES string of the molecule is COCCCNc1nccn1-c1ccc2ncccc2c1. The molecule has 0 amide bonds. The first-order chi connectivity index (χ1) is 10.4. The fraction of sp³-hybridized carbons (Fsp3) is 0.250. The van der Waals surface area contributed by atoms with Gasteiger partial charge in [-0.3, -0.25) is 9.55 Å². The minimum absolute atomic E-state index is 0.745. The lowest BCUT2D eigenvalue weighted by Crippen LogP contribution is -2.09. The van der Waals surface area contributed by atoms with Crippen LogP contribution >= 0.6 is 0 Å². The number of hydrogen-bond acceptors (Lipinski definition) is 4. The van der Waals surface area contributed by atoms with Gasteiger partial charge in [-0.05, 0) is 30.7 Å². The van der Waals surface area contributed by atoms with Gasteiger partial charge in [0.15, 0.2) is 0 Å². The molecule has 0 aliphatic rings. The monoisotopic (exact) mass is 282 g/mol. The summed E-state index contributed by atoms with van der Waals surface area (Å²) in [6, 6.07) is 10.2. The fourth-order valence-electron chi connectivity index (χ4n) is 2.27. The van der Waals surface area contributed by atoms with Gasteiger partial charge in [0.1, 0.15) is 0 Å². The van der Waals surface area contributed by atoms with Crippen molar-refractivity contribution in [3.63, 3.8) is 0 Å². The molecule has 3 aromatic rings. The molecule has 1 N–H and O–H groups in total. The molecule has 0 unspecified atom stereocenters. The van der Waals surface area contributed by atoms with Crippen LogP contribution < -0.4 is 5.32 Å². The van der Waals surface area contributed by atoms with Gasteiger partial charge in [0.2, 0.25) is 5.95 Å². The van der Waals surface area contributed by atoms with Gasteiger partial charge < -0.3 is 10.1 Å². The van der Waals surface area contributed by atoms with E-state index in [2.05, 4.69) is 33.5 Å². The average molecular weight is 282 g/mol. The zero-order valence-corrected chi connectivity index (χ0v) is 12.0. The Morgan fingerprint density at radius 1 is 1.19 bits per heavy atom. The first-order valence-electron chi connectivity index (χ1n) is 7.00. The Morgan fingerprint density at radius 2 is 2.14 bits per heavy atom. The second-order valence-electron chi connectivity index (χ2n) is 4.77. The topological polar surface area (TPSA) is 52.0 Å². The van der Waals surface area contributed by atoms with E-state index >= 15 is 0 Å². The molecular formula is C16H18N4O. The minimum Gasteiger partial charge on any atom is -0.385 e. The van der Waals surface area contributed by atoms with Gasteiger partial charge in [-0.25, -0.2) is 4.98 Å². The van der Waals surface area contributed by atoms with Crippen molar-refractivity contribution in [2.45, 2.75) is 6.42 Å². The highest BCUT2D eigenvalue weighted by atomic mass is 16.5. The second-order valence-corrected chi connectivity index (χ2v) is 4.77. The van der Waals surface area contributed by atoms with E-state index in [-0.39, 0.29) is 0 Å². The second kappa shape index (κ2) is 6.37. The van der Waals surface area contributed by atoms with Gasteiger partial charge in [0.25, 0.3) is 0 Å². The summed E-state index contributed by atoms with van der Waals surface area (Å²) in [6.07, 6.45) is 6.51. The predicted octanol–water partition coefficient (Wildman–Crippen LogP) is 2.87. The van der Waals surface area contributed by atoms with E-state index in [0.29, 0.717) is 0 Å². The first kappa shape index (κ1) is 13.6. The lowest BCUT2D eigenvalue weighted by molar-refractivity contribution is 0.197. The van der Waals surface area contributed by atoms with Gasteiger partial charge >= 0.3 is 0 Å². The molecule has 0 aliphatic carbocycles. The molecule has 0 radical (unpaired) electrons. The maximum Gasteiger partial charge on any atom is 0.207 e. The first-order valence-corrected chi connectivity index (χ1v) is 7.00. The van der Waals surface area contributed by atoms with Crippen LogP contribution in [0.15, 0.2) is 48.9 Å². The summed E-state index contributed by atoms with van der Waals surface area (Å²) in [7, 11) is 1.71. The Morgan fingerprint density at radius 3 is 3.05 bits per heavy atom. The number of rotatable bonds is 6. The molecule has 0 spiro atoms. The summed E-state index contributed by atoms with van der Waals surface area (Å²) in [4.78, 5) is 8.71. The van der Waals surface area contributed by atoms with Crippen LogP contribution in [0.25, 0.3) is 16.6 Å². The molecule has 0 saturated heterocycles. The number of aromatic nitrogens is 3.